The summed E-state index contributed by atoms with van der Waals surface area (Å²) in [7, 11) is 0. The average Bonchev–Trinajstić information content (AvgIpc) is 2.71. The van der Waals surface area contributed by atoms with Crippen molar-refractivity contribution in [2.45, 2.75) is 25.2 Å². The smallest absolute Gasteiger partial charge is 0.210 e. The maximum absolute atomic E-state index is 13.4. The van der Waals surface area contributed by atoms with Crippen LogP contribution in [0.2, 0.25) is 5.02 Å². The zero-order valence-electron chi connectivity index (χ0n) is 14.9. The van der Waals surface area contributed by atoms with Crippen molar-refractivity contribution in [3.63, 3.8) is 0 Å². The van der Waals surface area contributed by atoms with Gasteiger partial charge in [-0.15, -0.1) is 0 Å². The van der Waals surface area contributed by atoms with Crippen LogP contribution in [-0.4, -0.2) is 17.3 Å². The molecule has 0 spiro atoms. The Labute approximate surface area is 166 Å². The van der Waals surface area contributed by atoms with Gasteiger partial charge >= 0.3 is 0 Å². The highest BCUT2D eigenvalue weighted by molar-refractivity contribution is 6.32. The second-order valence-corrected chi connectivity index (χ2v) is 7.65. The van der Waals surface area contributed by atoms with Gasteiger partial charge in [0, 0.05) is 45.3 Å². The molecule has 2 aliphatic carbocycles. The molecule has 28 heavy (non-hydrogen) atoms. The Morgan fingerprint density at radius 3 is 2.25 bits per heavy atom. The number of ketones is 3. The molecule has 0 aromatic heterocycles. The van der Waals surface area contributed by atoms with E-state index in [0.717, 1.165) is 12.1 Å². The van der Waals surface area contributed by atoms with Crippen molar-refractivity contribution in [2.24, 2.45) is 0 Å². The summed E-state index contributed by atoms with van der Waals surface area (Å²) in [4.78, 5) is 39.5. The molecule has 138 valence electrons. The first-order valence-electron chi connectivity index (χ1n) is 9.28. The molecular weight excluding hydrogens is 374 g/mol. The molecule has 0 radical (unpaired) electrons. The van der Waals surface area contributed by atoms with E-state index in [1.54, 1.807) is 30.3 Å². The van der Waals surface area contributed by atoms with Crippen LogP contribution in [0.4, 0.5) is 0 Å². The van der Waals surface area contributed by atoms with Crippen molar-refractivity contribution in [3.8, 4) is 0 Å². The maximum atomic E-state index is 13.4. The fourth-order valence-corrected chi connectivity index (χ4v) is 4.68. The number of allylic oxidation sites excluding steroid dienone is 4. The summed E-state index contributed by atoms with van der Waals surface area (Å²) in [6.45, 7) is 0. The van der Waals surface area contributed by atoms with E-state index in [1.807, 2.05) is 18.2 Å². The standard InChI is InChI=1S/C23H16ClNO3/c24-15-9-4-3-8-14(15)18-19-16(10-5-11-17(19)26)25-21-20(18)22(27)12-6-1-2-7-13(12)23(21)28/h1-4,6-9,18,25H,5,10-11H2. The van der Waals surface area contributed by atoms with Crippen LogP contribution in [0.15, 0.2) is 71.1 Å². The van der Waals surface area contributed by atoms with E-state index >= 15 is 0 Å². The Bertz CT molecular complexity index is 1140. The molecular formula is C23H16ClNO3. The van der Waals surface area contributed by atoms with Gasteiger partial charge in [-0.2, -0.15) is 0 Å². The third kappa shape index (κ3) is 2.34. The lowest BCUT2D eigenvalue weighted by Gasteiger charge is -2.37. The number of hydrogen-bond donors (Lipinski definition) is 1. The predicted molar refractivity (Wildman–Crippen MR) is 105 cm³/mol. The fraction of sp³-hybridized carbons (Fsp3) is 0.174. The Morgan fingerprint density at radius 1 is 0.821 bits per heavy atom. The van der Waals surface area contributed by atoms with Gasteiger partial charge in [-0.25, -0.2) is 0 Å². The van der Waals surface area contributed by atoms with E-state index < -0.39 is 5.92 Å². The maximum Gasteiger partial charge on any atom is 0.210 e. The molecule has 0 amide bonds. The molecule has 0 saturated carbocycles. The van der Waals surface area contributed by atoms with E-state index in [0.29, 0.717) is 45.7 Å². The summed E-state index contributed by atoms with van der Waals surface area (Å²) in [5.74, 6) is -1.07. The van der Waals surface area contributed by atoms with Gasteiger partial charge < -0.3 is 5.32 Å². The van der Waals surface area contributed by atoms with Gasteiger partial charge in [-0.1, -0.05) is 54.1 Å². The van der Waals surface area contributed by atoms with Gasteiger partial charge in [0.25, 0.3) is 0 Å². The number of Topliss-reactive ketones (excluding diaryl/α,β-unsaturated/α-hetero) is 3. The molecule has 1 aliphatic heterocycles. The molecule has 0 saturated heterocycles. The molecule has 2 aromatic carbocycles. The predicted octanol–water partition coefficient (Wildman–Crippen LogP) is 4.37. The monoisotopic (exact) mass is 389 g/mol. The minimum absolute atomic E-state index is 0.00401. The summed E-state index contributed by atoms with van der Waals surface area (Å²) in [5, 5.41) is 3.63. The number of benzene rings is 2. The van der Waals surface area contributed by atoms with Gasteiger partial charge in [0.05, 0.1) is 5.70 Å². The number of fused-ring (bicyclic) bond motifs is 1. The van der Waals surface area contributed by atoms with E-state index in [4.69, 9.17) is 11.6 Å². The Balaban J connectivity index is 1.80. The van der Waals surface area contributed by atoms with Crippen molar-refractivity contribution in [3.05, 3.63) is 92.8 Å². The molecule has 1 atom stereocenters. The summed E-state index contributed by atoms with van der Waals surface area (Å²) in [5.41, 5.74) is 3.36. The second-order valence-electron chi connectivity index (χ2n) is 7.24. The van der Waals surface area contributed by atoms with E-state index in [2.05, 4.69) is 5.32 Å². The van der Waals surface area contributed by atoms with Crippen LogP contribution in [0, 0.1) is 0 Å². The Hall–Kier alpha value is -2.98. The number of rotatable bonds is 1. The zero-order valence-corrected chi connectivity index (χ0v) is 15.7. The van der Waals surface area contributed by atoms with Crippen LogP contribution in [-0.2, 0) is 4.79 Å². The topological polar surface area (TPSA) is 63.2 Å². The minimum atomic E-state index is -0.627. The Kier molecular flexibility index (Phi) is 3.84. The normalized spacial score (nSPS) is 21.2. The van der Waals surface area contributed by atoms with Crippen LogP contribution in [0.3, 0.4) is 0 Å². The first-order chi connectivity index (χ1) is 13.6. The van der Waals surface area contributed by atoms with Crippen molar-refractivity contribution >= 4 is 29.0 Å². The molecule has 5 heteroatoms. The highest BCUT2D eigenvalue weighted by Gasteiger charge is 2.44. The van der Waals surface area contributed by atoms with E-state index in [9.17, 15) is 14.4 Å². The molecule has 4 nitrogen and oxygen atoms in total. The fourth-order valence-electron chi connectivity index (χ4n) is 4.44. The van der Waals surface area contributed by atoms with Gasteiger partial charge in [0.2, 0.25) is 5.78 Å². The Morgan fingerprint density at radius 2 is 1.50 bits per heavy atom. The lowest BCUT2D eigenvalue weighted by Crippen LogP contribution is -2.40. The number of carbonyl (C=O) groups excluding carboxylic acids is 3. The largest absolute Gasteiger partial charge is 0.355 e. The van der Waals surface area contributed by atoms with Crippen molar-refractivity contribution < 1.29 is 14.4 Å². The summed E-state index contributed by atoms with van der Waals surface area (Å²) < 4.78 is 0. The van der Waals surface area contributed by atoms with Crippen LogP contribution in [0.5, 0.6) is 0 Å². The highest BCUT2D eigenvalue weighted by Crippen LogP contribution is 2.47. The van der Waals surface area contributed by atoms with Crippen LogP contribution >= 0.6 is 11.6 Å². The molecule has 0 bridgehead atoms. The summed E-state index contributed by atoms with van der Waals surface area (Å²) >= 11 is 6.48. The van der Waals surface area contributed by atoms with E-state index in [-0.39, 0.29) is 23.0 Å². The lowest BCUT2D eigenvalue weighted by molar-refractivity contribution is -0.116. The van der Waals surface area contributed by atoms with E-state index in [1.165, 1.54) is 0 Å². The molecule has 1 N–H and O–H groups in total. The average molecular weight is 390 g/mol. The third-order valence-corrected chi connectivity index (χ3v) is 6.03. The van der Waals surface area contributed by atoms with Gasteiger partial charge in [0.1, 0.15) is 0 Å². The quantitative estimate of drug-likeness (QED) is 0.786. The number of hydrogen-bond acceptors (Lipinski definition) is 4. The van der Waals surface area contributed by atoms with Crippen LogP contribution < -0.4 is 5.32 Å². The van der Waals surface area contributed by atoms with Crippen LogP contribution in [0.25, 0.3) is 0 Å². The number of halogens is 1. The SMILES string of the molecule is O=C1CCCC2=C1C(c1ccccc1Cl)C1=C(N2)C(=O)c2ccccc2C1=O. The first-order valence-corrected chi connectivity index (χ1v) is 9.66. The van der Waals surface area contributed by atoms with Crippen molar-refractivity contribution in [1.29, 1.82) is 0 Å². The second kappa shape index (κ2) is 6.28. The molecule has 3 aliphatic rings. The first kappa shape index (κ1) is 17.1. The minimum Gasteiger partial charge on any atom is -0.355 e. The van der Waals surface area contributed by atoms with Gasteiger partial charge in [-0.3, -0.25) is 14.4 Å². The number of carbonyl (C=O) groups is 3. The third-order valence-electron chi connectivity index (χ3n) is 5.68. The summed E-state index contributed by atoms with van der Waals surface area (Å²) in [6.07, 6.45) is 1.83. The van der Waals surface area contributed by atoms with Crippen LogP contribution in [0.1, 0.15) is 51.5 Å². The highest BCUT2D eigenvalue weighted by atomic mass is 35.5. The molecule has 1 unspecified atom stereocenters. The molecule has 1 heterocycles. The summed E-state index contributed by atoms with van der Waals surface area (Å²) in [6, 6.07) is 14.0. The molecule has 2 aromatic rings. The lowest BCUT2D eigenvalue weighted by atomic mass is 9.70. The number of dihydropyridines is 1. The van der Waals surface area contributed by atoms with Gasteiger partial charge in [-0.05, 0) is 24.5 Å². The molecule has 5 rings (SSSR count). The van der Waals surface area contributed by atoms with Gasteiger partial charge in [0.15, 0.2) is 11.6 Å². The zero-order chi connectivity index (χ0) is 19.4. The molecule has 0 fully saturated rings. The van der Waals surface area contributed by atoms with Crippen molar-refractivity contribution in [1.82, 2.24) is 5.32 Å². The number of nitrogens with one attached hydrogen (secondary N) is 1. The van der Waals surface area contributed by atoms with Crippen molar-refractivity contribution in [2.75, 3.05) is 0 Å².